The van der Waals surface area contributed by atoms with Crippen molar-refractivity contribution in [3.8, 4) is 0 Å². The van der Waals surface area contributed by atoms with Crippen LogP contribution in [0.15, 0.2) is 24.3 Å². The van der Waals surface area contributed by atoms with Gasteiger partial charge in [0.25, 0.3) is 0 Å². The molecule has 0 saturated heterocycles. The zero-order chi connectivity index (χ0) is 18.2. The fourth-order valence-electron chi connectivity index (χ4n) is 2.71. The smallest absolute Gasteiger partial charge is 0.307 e. The average Bonchev–Trinajstić information content (AvgIpc) is 2.55. The van der Waals surface area contributed by atoms with Gasteiger partial charge in [-0.05, 0) is 24.5 Å². The van der Waals surface area contributed by atoms with E-state index in [4.69, 9.17) is 10.8 Å². The number of nitrogen functional groups attached to an aromatic ring is 1. The number of anilines is 2. The molecule has 6 nitrogen and oxygen atoms in total. The summed E-state index contributed by atoms with van der Waals surface area (Å²) in [6.07, 6.45) is 4.14. The van der Waals surface area contributed by atoms with Crippen molar-refractivity contribution in [1.82, 2.24) is 9.97 Å². The maximum atomic E-state index is 10.8. The minimum absolute atomic E-state index is 0.0362. The highest BCUT2D eigenvalue weighted by Crippen LogP contribution is 2.22. The van der Waals surface area contributed by atoms with Gasteiger partial charge in [0, 0.05) is 24.2 Å². The quantitative estimate of drug-likeness (QED) is 0.605. The number of carbonyl (C=O) groups is 1. The standard InChI is InChI=1S/C19H26N4O2/c1-3-4-5-10-21-18-16(13(2)22-19(20)23-18)11-14-6-8-15(9-7-14)12-17(24)25/h6-9H,3-5,10-12H2,1-2H3,(H,24,25)(H3,20,21,22,23). The molecule has 1 aromatic heterocycles. The fraction of sp³-hybridized carbons (Fsp3) is 0.421. The molecule has 0 saturated carbocycles. The minimum Gasteiger partial charge on any atom is -0.481 e. The summed E-state index contributed by atoms with van der Waals surface area (Å²) in [4.78, 5) is 19.4. The number of nitrogens with one attached hydrogen (secondary N) is 1. The first kappa shape index (κ1) is 18.7. The summed E-state index contributed by atoms with van der Waals surface area (Å²) >= 11 is 0. The second kappa shape index (κ2) is 9.01. The van der Waals surface area contributed by atoms with Crippen LogP contribution < -0.4 is 11.1 Å². The van der Waals surface area contributed by atoms with Gasteiger partial charge in [-0.3, -0.25) is 4.79 Å². The fourth-order valence-corrected chi connectivity index (χ4v) is 2.71. The lowest BCUT2D eigenvalue weighted by molar-refractivity contribution is -0.136. The zero-order valence-electron chi connectivity index (χ0n) is 14.9. The predicted molar refractivity (Wildman–Crippen MR) is 99.8 cm³/mol. The molecule has 0 amide bonds. The molecule has 0 unspecified atom stereocenters. The predicted octanol–water partition coefficient (Wildman–Crippen LogP) is 3.19. The van der Waals surface area contributed by atoms with E-state index in [1.807, 2.05) is 31.2 Å². The van der Waals surface area contributed by atoms with Crippen molar-refractivity contribution in [3.63, 3.8) is 0 Å². The van der Waals surface area contributed by atoms with Crippen LogP contribution in [0.4, 0.5) is 11.8 Å². The Hall–Kier alpha value is -2.63. The largest absolute Gasteiger partial charge is 0.481 e. The van der Waals surface area contributed by atoms with Crippen molar-refractivity contribution in [1.29, 1.82) is 0 Å². The molecule has 0 atom stereocenters. The van der Waals surface area contributed by atoms with E-state index in [0.717, 1.165) is 41.2 Å². The normalized spacial score (nSPS) is 10.6. The van der Waals surface area contributed by atoms with Gasteiger partial charge in [-0.15, -0.1) is 0 Å². The molecule has 134 valence electrons. The number of aliphatic carboxylic acids is 1. The van der Waals surface area contributed by atoms with Crippen molar-refractivity contribution in [2.45, 2.75) is 46.0 Å². The van der Waals surface area contributed by atoms with Crippen molar-refractivity contribution < 1.29 is 9.90 Å². The van der Waals surface area contributed by atoms with Crippen LogP contribution >= 0.6 is 0 Å². The Morgan fingerprint density at radius 2 is 1.84 bits per heavy atom. The van der Waals surface area contributed by atoms with Crippen LogP contribution in [0.25, 0.3) is 0 Å². The number of hydrogen-bond acceptors (Lipinski definition) is 5. The molecule has 0 bridgehead atoms. The third-order valence-electron chi connectivity index (χ3n) is 4.06. The molecule has 2 rings (SSSR count). The van der Waals surface area contributed by atoms with Crippen molar-refractivity contribution in [2.24, 2.45) is 0 Å². The van der Waals surface area contributed by atoms with E-state index in [2.05, 4.69) is 22.2 Å². The molecule has 4 N–H and O–H groups in total. The number of aryl methyl sites for hydroxylation is 1. The maximum Gasteiger partial charge on any atom is 0.307 e. The van der Waals surface area contributed by atoms with Gasteiger partial charge < -0.3 is 16.2 Å². The summed E-state index contributed by atoms with van der Waals surface area (Å²) in [5, 5.41) is 12.2. The Balaban J connectivity index is 2.15. The average molecular weight is 342 g/mol. The molecule has 25 heavy (non-hydrogen) atoms. The third kappa shape index (κ3) is 5.74. The molecule has 6 heteroatoms. The minimum atomic E-state index is -0.825. The Bertz CT molecular complexity index is 714. The van der Waals surface area contributed by atoms with E-state index in [0.29, 0.717) is 6.42 Å². The van der Waals surface area contributed by atoms with Crippen LogP contribution in [0.1, 0.15) is 48.6 Å². The topological polar surface area (TPSA) is 101 Å². The SMILES string of the molecule is CCCCCNc1nc(N)nc(C)c1Cc1ccc(CC(=O)O)cc1. The van der Waals surface area contributed by atoms with Gasteiger partial charge in [0.05, 0.1) is 6.42 Å². The monoisotopic (exact) mass is 342 g/mol. The van der Waals surface area contributed by atoms with Gasteiger partial charge in [0.2, 0.25) is 5.95 Å². The first-order chi connectivity index (χ1) is 12.0. The lowest BCUT2D eigenvalue weighted by Crippen LogP contribution is -2.11. The molecule has 0 aliphatic rings. The summed E-state index contributed by atoms with van der Waals surface area (Å²) in [5.74, 6) is 0.237. The van der Waals surface area contributed by atoms with E-state index in [1.54, 1.807) is 0 Å². The number of hydrogen-bond donors (Lipinski definition) is 3. The number of carboxylic acids is 1. The van der Waals surface area contributed by atoms with Crippen LogP contribution in [0, 0.1) is 6.92 Å². The number of benzene rings is 1. The van der Waals surface area contributed by atoms with Gasteiger partial charge in [-0.2, -0.15) is 4.98 Å². The Kier molecular flexibility index (Phi) is 6.74. The summed E-state index contributed by atoms with van der Waals surface area (Å²) < 4.78 is 0. The van der Waals surface area contributed by atoms with E-state index >= 15 is 0 Å². The number of nitrogens with two attached hydrogens (primary N) is 1. The van der Waals surface area contributed by atoms with Crippen LogP contribution in [-0.4, -0.2) is 27.6 Å². The highest BCUT2D eigenvalue weighted by Gasteiger charge is 2.11. The van der Waals surface area contributed by atoms with E-state index in [1.165, 1.54) is 12.8 Å². The molecular weight excluding hydrogens is 316 g/mol. The number of carboxylic acid groups (broad SMARTS) is 1. The highest BCUT2D eigenvalue weighted by atomic mass is 16.4. The van der Waals surface area contributed by atoms with Crippen molar-refractivity contribution >= 4 is 17.7 Å². The molecule has 0 spiro atoms. The highest BCUT2D eigenvalue weighted by molar-refractivity contribution is 5.70. The molecule has 2 aromatic rings. The first-order valence-electron chi connectivity index (χ1n) is 8.66. The Morgan fingerprint density at radius 3 is 2.48 bits per heavy atom. The molecule has 1 aromatic carbocycles. The summed E-state index contributed by atoms with van der Waals surface area (Å²) in [6, 6.07) is 7.61. The van der Waals surface area contributed by atoms with Gasteiger partial charge in [0.15, 0.2) is 0 Å². The third-order valence-corrected chi connectivity index (χ3v) is 4.06. The maximum absolute atomic E-state index is 10.8. The van der Waals surface area contributed by atoms with Crippen LogP contribution in [0.3, 0.4) is 0 Å². The first-order valence-corrected chi connectivity index (χ1v) is 8.66. The van der Waals surface area contributed by atoms with E-state index in [9.17, 15) is 4.79 Å². The number of nitrogens with zero attached hydrogens (tertiary/aromatic N) is 2. The lowest BCUT2D eigenvalue weighted by atomic mass is 10.0. The molecule has 0 fully saturated rings. The lowest BCUT2D eigenvalue weighted by Gasteiger charge is -2.14. The Labute approximate surface area is 148 Å². The van der Waals surface area contributed by atoms with Gasteiger partial charge in [0.1, 0.15) is 5.82 Å². The van der Waals surface area contributed by atoms with Crippen molar-refractivity contribution in [2.75, 3.05) is 17.6 Å². The molecule has 0 aliphatic carbocycles. The number of aromatic nitrogens is 2. The van der Waals surface area contributed by atoms with Gasteiger partial charge in [-0.1, -0.05) is 44.0 Å². The van der Waals surface area contributed by atoms with Crippen molar-refractivity contribution in [3.05, 3.63) is 46.6 Å². The zero-order valence-corrected chi connectivity index (χ0v) is 14.9. The van der Waals surface area contributed by atoms with E-state index < -0.39 is 5.97 Å². The summed E-state index contributed by atoms with van der Waals surface area (Å²) in [6.45, 7) is 4.96. The molecular formula is C19H26N4O2. The van der Waals surface area contributed by atoms with Crippen LogP contribution in [-0.2, 0) is 17.6 Å². The Morgan fingerprint density at radius 1 is 1.16 bits per heavy atom. The molecule has 1 heterocycles. The van der Waals surface area contributed by atoms with Crippen LogP contribution in [0.2, 0.25) is 0 Å². The molecule has 0 radical (unpaired) electrons. The molecule has 0 aliphatic heterocycles. The van der Waals surface area contributed by atoms with E-state index in [-0.39, 0.29) is 12.4 Å². The van der Waals surface area contributed by atoms with Gasteiger partial charge >= 0.3 is 5.97 Å². The second-order valence-electron chi connectivity index (χ2n) is 6.19. The van der Waals surface area contributed by atoms with Gasteiger partial charge in [-0.25, -0.2) is 4.98 Å². The number of unbranched alkanes of at least 4 members (excludes halogenated alkanes) is 2. The number of rotatable bonds is 9. The summed E-state index contributed by atoms with van der Waals surface area (Å²) in [7, 11) is 0. The summed E-state index contributed by atoms with van der Waals surface area (Å²) in [5.41, 5.74) is 9.56. The second-order valence-corrected chi connectivity index (χ2v) is 6.19. The van der Waals surface area contributed by atoms with Crippen LogP contribution in [0.5, 0.6) is 0 Å².